The summed E-state index contributed by atoms with van der Waals surface area (Å²) in [6, 6.07) is 4.88. The fourth-order valence-electron chi connectivity index (χ4n) is 3.72. The average Bonchev–Trinajstić information content (AvgIpc) is 3.26. The normalized spacial score (nSPS) is 14.3. The highest BCUT2D eigenvalue weighted by Crippen LogP contribution is 2.29. The first-order valence-electron chi connectivity index (χ1n) is 10.4. The number of piperidine rings is 1. The Morgan fingerprint density at radius 1 is 1.30 bits per heavy atom. The number of amides is 2. The van der Waals surface area contributed by atoms with Crippen molar-refractivity contribution in [2.75, 3.05) is 37.5 Å². The van der Waals surface area contributed by atoms with Crippen LogP contribution < -0.4 is 25.8 Å². The second-order valence-electron chi connectivity index (χ2n) is 7.60. The Labute approximate surface area is 198 Å². The van der Waals surface area contributed by atoms with E-state index in [0.717, 1.165) is 12.8 Å². The maximum Gasteiger partial charge on any atom is 0.273 e. The van der Waals surface area contributed by atoms with Gasteiger partial charge in [0.25, 0.3) is 5.56 Å². The highest BCUT2D eigenvalue weighted by molar-refractivity contribution is 7.22. The number of methoxy groups -OCH3 is 1. The molecule has 1 aliphatic rings. The third kappa shape index (κ3) is 4.93. The highest BCUT2D eigenvalue weighted by Gasteiger charge is 2.26. The molecule has 0 spiro atoms. The molecule has 2 N–H and O–H groups in total. The molecule has 174 valence electrons. The number of carbonyl (C=O) groups excluding carboxylic acids is 2. The zero-order valence-electron chi connectivity index (χ0n) is 18.1. The molecule has 10 nitrogen and oxygen atoms in total. The first-order valence-corrected chi connectivity index (χ1v) is 11.5. The van der Waals surface area contributed by atoms with Crippen molar-refractivity contribution < 1.29 is 14.3 Å². The van der Waals surface area contributed by atoms with Crippen molar-refractivity contribution in [1.82, 2.24) is 19.9 Å². The zero-order chi connectivity index (χ0) is 23.5. The number of thiazole rings is 1. The second-order valence-corrected chi connectivity index (χ2v) is 8.98. The quantitative estimate of drug-likeness (QED) is 0.543. The van der Waals surface area contributed by atoms with E-state index in [1.54, 1.807) is 25.2 Å². The Morgan fingerprint density at radius 3 is 2.73 bits per heavy atom. The molecule has 1 aliphatic heterocycles. The summed E-state index contributed by atoms with van der Waals surface area (Å²) in [5, 5.41) is 6.47. The van der Waals surface area contributed by atoms with Gasteiger partial charge in [0.2, 0.25) is 11.8 Å². The lowest BCUT2D eigenvalue weighted by Crippen LogP contribution is -2.39. The number of benzene rings is 1. The zero-order valence-corrected chi connectivity index (χ0v) is 19.7. The maximum atomic E-state index is 12.9. The molecule has 4 rings (SSSR count). The van der Waals surface area contributed by atoms with Crippen LogP contribution in [0.3, 0.4) is 0 Å². The lowest BCUT2D eigenvalue weighted by molar-refractivity contribution is -0.125. The predicted molar refractivity (Wildman–Crippen MR) is 127 cm³/mol. The van der Waals surface area contributed by atoms with E-state index in [1.165, 1.54) is 29.3 Å². The summed E-state index contributed by atoms with van der Waals surface area (Å²) in [5.74, 6) is 0.161. The van der Waals surface area contributed by atoms with Crippen LogP contribution in [-0.2, 0) is 16.1 Å². The summed E-state index contributed by atoms with van der Waals surface area (Å²) in [4.78, 5) is 48.1. The van der Waals surface area contributed by atoms with E-state index in [1.807, 2.05) is 0 Å². The van der Waals surface area contributed by atoms with Gasteiger partial charge in [-0.1, -0.05) is 22.9 Å². The molecule has 2 amide bonds. The summed E-state index contributed by atoms with van der Waals surface area (Å²) in [6.45, 7) is 1.16. The lowest BCUT2D eigenvalue weighted by Gasteiger charge is -2.30. The number of nitrogens with zero attached hydrogens (tertiary/aromatic N) is 4. The molecule has 2 aromatic heterocycles. The van der Waals surface area contributed by atoms with Crippen LogP contribution in [0.2, 0.25) is 5.02 Å². The molecule has 0 saturated carbocycles. The molecule has 1 saturated heterocycles. The molecule has 1 aromatic carbocycles. The molecular formula is C21H23ClN6O4S. The lowest BCUT2D eigenvalue weighted by atomic mass is 9.96. The summed E-state index contributed by atoms with van der Waals surface area (Å²) in [6.07, 6.45) is 2.78. The van der Waals surface area contributed by atoms with Gasteiger partial charge in [0.15, 0.2) is 10.8 Å². The minimum atomic E-state index is -0.388. The van der Waals surface area contributed by atoms with Gasteiger partial charge in [0.1, 0.15) is 23.3 Å². The van der Waals surface area contributed by atoms with Gasteiger partial charge in [-0.15, -0.1) is 0 Å². The van der Waals surface area contributed by atoms with Crippen LogP contribution in [0.4, 0.5) is 10.8 Å². The first kappa shape index (κ1) is 23.0. The van der Waals surface area contributed by atoms with E-state index in [2.05, 4.69) is 25.5 Å². The Morgan fingerprint density at radius 2 is 2.06 bits per heavy atom. The fraction of sp³-hybridized carbons (Fsp3) is 0.381. The second kappa shape index (κ2) is 9.75. The van der Waals surface area contributed by atoms with Crippen LogP contribution in [0, 0.1) is 5.92 Å². The van der Waals surface area contributed by atoms with Gasteiger partial charge in [0, 0.05) is 31.7 Å². The molecular weight excluding hydrogens is 468 g/mol. The molecule has 12 heteroatoms. The SMILES string of the molecule is CNC(=O)C1CCN(c2nc3ncn(CC(=O)Nc4ccc(OC)c(Cl)c4)c(=O)c3s2)CC1. The topological polar surface area (TPSA) is 118 Å². The van der Waals surface area contributed by atoms with Gasteiger partial charge >= 0.3 is 0 Å². The maximum absolute atomic E-state index is 12.9. The Kier molecular flexibility index (Phi) is 6.80. The molecule has 0 aliphatic carbocycles. The Bertz CT molecular complexity index is 1250. The van der Waals surface area contributed by atoms with Crippen molar-refractivity contribution in [1.29, 1.82) is 0 Å². The van der Waals surface area contributed by atoms with Gasteiger partial charge in [-0.25, -0.2) is 4.98 Å². The number of ether oxygens (including phenoxy) is 1. The number of fused-ring (bicyclic) bond motifs is 1. The smallest absolute Gasteiger partial charge is 0.273 e. The summed E-state index contributed by atoms with van der Waals surface area (Å²) in [7, 11) is 3.15. The van der Waals surface area contributed by atoms with Gasteiger partial charge in [0.05, 0.1) is 12.1 Å². The summed E-state index contributed by atoms with van der Waals surface area (Å²) in [5.41, 5.74) is 0.520. The van der Waals surface area contributed by atoms with E-state index in [9.17, 15) is 14.4 Å². The standard InChI is InChI=1S/C21H23ClN6O4S/c1-23-19(30)12-5-7-27(8-6-12)21-26-18-17(33-21)20(31)28(11-24-18)10-16(29)25-13-3-4-15(32-2)14(22)9-13/h3-4,9,11-12H,5-8,10H2,1-2H3,(H,23,30)(H,25,29). The molecule has 0 radical (unpaired) electrons. The molecule has 1 fully saturated rings. The van der Waals surface area contributed by atoms with E-state index in [4.69, 9.17) is 16.3 Å². The average molecular weight is 491 g/mol. The van der Waals surface area contributed by atoms with Crippen molar-refractivity contribution in [3.05, 3.63) is 39.9 Å². The minimum Gasteiger partial charge on any atom is -0.495 e. The molecule has 0 unspecified atom stereocenters. The number of hydrogen-bond donors (Lipinski definition) is 2. The number of halogens is 1. The number of rotatable bonds is 6. The van der Waals surface area contributed by atoms with E-state index < -0.39 is 0 Å². The van der Waals surface area contributed by atoms with Crippen molar-refractivity contribution in [2.45, 2.75) is 19.4 Å². The largest absolute Gasteiger partial charge is 0.495 e. The van der Waals surface area contributed by atoms with Gasteiger partial charge in [-0.05, 0) is 31.0 Å². The van der Waals surface area contributed by atoms with E-state index in [0.29, 0.717) is 45.0 Å². The predicted octanol–water partition coefficient (Wildman–Crippen LogP) is 2.12. The minimum absolute atomic E-state index is 0.00456. The molecule has 0 bridgehead atoms. The number of carbonyl (C=O) groups is 2. The molecule has 33 heavy (non-hydrogen) atoms. The van der Waals surface area contributed by atoms with Crippen molar-refractivity contribution >= 4 is 55.9 Å². The van der Waals surface area contributed by atoms with Crippen molar-refractivity contribution in [3.63, 3.8) is 0 Å². The Balaban J connectivity index is 1.46. The monoisotopic (exact) mass is 490 g/mol. The van der Waals surface area contributed by atoms with Crippen LogP contribution in [0.25, 0.3) is 10.3 Å². The van der Waals surface area contributed by atoms with Crippen LogP contribution in [0.15, 0.2) is 29.3 Å². The van der Waals surface area contributed by atoms with Gasteiger partial charge in [-0.2, -0.15) is 4.98 Å². The number of anilines is 2. The first-order chi connectivity index (χ1) is 15.9. The number of aromatic nitrogens is 3. The van der Waals surface area contributed by atoms with E-state index in [-0.39, 0.29) is 29.8 Å². The third-order valence-electron chi connectivity index (χ3n) is 5.50. The van der Waals surface area contributed by atoms with Crippen LogP contribution >= 0.6 is 22.9 Å². The van der Waals surface area contributed by atoms with Gasteiger partial charge < -0.3 is 20.3 Å². The fourth-order valence-corrected chi connectivity index (χ4v) is 5.00. The van der Waals surface area contributed by atoms with Crippen LogP contribution in [0.1, 0.15) is 12.8 Å². The number of hydrogen-bond acceptors (Lipinski definition) is 8. The molecule has 3 heterocycles. The summed E-state index contributed by atoms with van der Waals surface area (Å²) >= 11 is 7.34. The van der Waals surface area contributed by atoms with Gasteiger partial charge in [-0.3, -0.25) is 19.0 Å². The summed E-state index contributed by atoms with van der Waals surface area (Å²) < 4.78 is 6.74. The molecule has 3 aromatic rings. The van der Waals surface area contributed by atoms with Crippen LogP contribution in [-0.4, -0.2) is 53.6 Å². The highest BCUT2D eigenvalue weighted by atomic mass is 35.5. The van der Waals surface area contributed by atoms with Crippen molar-refractivity contribution in [2.24, 2.45) is 5.92 Å². The van der Waals surface area contributed by atoms with Crippen molar-refractivity contribution in [3.8, 4) is 5.75 Å². The van der Waals surface area contributed by atoms with Crippen LogP contribution in [0.5, 0.6) is 5.75 Å². The molecule has 0 atom stereocenters. The Hall–Kier alpha value is -3.18. The number of nitrogens with one attached hydrogen (secondary N) is 2. The van der Waals surface area contributed by atoms with E-state index >= 15 is 0 Å². The third-order valence-corrected chi connectivity index (χ3v) is 6.89.